The first-order chi connectivity index (χ1) is 8.40. The molecule has 18 heavy (non-hydrogen) atoms. The van der Waals surface area contributed by atoms with Gasteiger partial charge in [0, 0.05) is 11.1 Å². The van der Waals surface area contributed by atoms with Crippen molar-refractivity contribution in [2.24, 2.45) is 0 Å². The predicted octanol–water partition coefficient (Wildman–Crippen LogP) is 2.62. The van der Waals surface area contributed by atoms with E-state index in [0.29, 0.717) is 5.02 Å². The minimum atomic E-state index is -3.62. The lowest BCUT2D eigenvalue weighted by Gasteiger charge is -2.16. The summed E-state index contributed by atoms with van der Waals surface area (Å²) in [6.45, 7) is 3.39. The van der Waals surface area contributed by atoms with Crippen LogP contribution < -0.4 is 4.72 Å². The molecule has 0 heterocycles. The number of hydrogen-bond acceptors (Lipinski definition) is 3. The van der Waals surface area contributed by atoms with E-state index in [-0.39, 0.29) is 6.42 Å². The van der Waals surface area contributed by atoms with Crippen LogP contribution in [0.2, 0.25) is 5.02 Å². The van der Waals surface area contributed by atoms with E-state index < -0.39 is 21.3 Å². The van der Waals surface area contributed by atoms with Gasteiger partial charge in [0.05, 0.1) is 6.07 Å². The first-order valence-electron chi connectivity index (χ1n) is 5.57. The van der Waals surface area contributed by atoms with Crippen LogP contribution in [0.15, 0.2) is 24.3 Å². The summed E-state index contributed by atoms with van der Waals surface area (Å²) in [5, 5.41) is 8.37. The zero-order chi connectivity index (χ0) is 13.8. The van der Waals surface area contributed by atoms with Gasteiger partial charge in [-0.2, -0.15) is 5.26 Å². The van der Waals surface area contributed by atoms with Crippen molar-refractivity contribution in [3.05, 3.63) is 34.9 Å². The van der Waals surface area contributed by atoms with Crippen molar-refractivity contribution < 1.29 is 8.42 Å². The Balaban J connectivity index is 2.85. The summed E-state index contributed by atoms with van der Waals surface area (Å²) >= 11 is 5.76. The minimum Gasteiger partial charge on any atom is -0.211 e. The van der Waals surface area contributed by atoms with Crippen molar-refractivity contribution in [3.63, 3.8) is 0 Å². The van der Waals surface area contributed by atoms with Crippen molar-refractivity contribution in [1.82, 2.24) is 4.72 Å². The maximum atomic E-state index is 11.9. The van der Waals surface area contributed by atoms with Crippen LogP contribution in [0.4, 0.5) is 0 Å². The number of halogens is 1. The molecule has 0 spiro atoms. The van der Waals surface area contributed by atoms with Gasteiger partial charge in [0.15, 0.2) is 5.25 Å². The highest BCUT2D eigenvalue weighted by Crippen LogP contribution is 2.18. The highest BCUT2D eigenvalue weighted by atomic mass is 35.5. The number of nitriles is 1. The fraction of sp³-hybridized carbons (Fsp3) is 0.417. The topological polar surface area (TPSA) is 70.0 Å². The second-order valence-electron chi connectivity index (χ2n) is 3.96. The van der Waals surface area contributed by atoms with Gasteiger partial charge in [-0.05, 0) is 31.0 Å². The van der Waals surface area contributed by atoms with Crippen LogP contribution in [-0.4, -0.2) is 13.7 Å². The lowest BCUT2D eigenvalue weighted by molar-refractivity contribution is 0.558. The van der Waals surface area contributed by atoms with Gasteiger partial charge in [-0.3, -0.25) is 0 Å². The van der Waals surface area contributed by atoms with Crippen LogP contribution in [0.1, 0.15) is 31.9 Å². The average molecular weight is 287 g/mol. The summed E-state index contributed by atoms with van der Waals surface area (Å²) in [7, 11) is -3.62. The number of benzene rings is 1. The Kier molecular flexibility index (Phi) is 5.15. The van der Waals surface area contributed by atoms with Crippen molar-refractivity contribution in [3.8, 4) is 6.07 Å². The highest BCUT2D eigenvalue weighted by molar-refractivity contribution is 7.90. The summed E-state index contributed by atoms with van der Waals surface area (Å²) in [6.07, 6.45) is 0.263. The van der Waals surface area contributed by atoms with E-state index in [4.69, 9.17) is 16.9 Å². The summed E-state index contributed by atoms with van der Waals surface area (Å²) in [6, 6.07) is 8.29. The van der Waals surface area contributed by atoms with E-state index in [0.717, 1.165) is 5.56 Å². The molecule has 1 rings (SSSR count). The molecular weight excluding hydrogens is 272 g/mol. The molecule has 6 heteroatoms. The van der Waals surface area contributed by atoms with Crippen molar-refractivity contribution >= 4 is 21.6 Å². The van der Waals surface area contributed by atoms with Crippen LogP contribution in [-0.2, 0) is 10.0 Å². The quantitative estimate of drug-likeness (QED) is 0.904. The monoisotopic (exact) mass is 286 g/mol. The van der Waals surface area contributed by atoms with Crippen LogP contribution in [0.3, 0.4) is 0 Å². The summed E-state index contributed by atoms with van der Waals surface area (Å²) in [5.74, 6) is 0. The zero-order valence-corrected chi connectivity index (χ0v) is 11.8. The molecule has 0 fully saturated rings. The maximum Gasteiger partial charge on any atom is 0.228 e. The van der Waals surface area contributed by atoms with Gasteiger partial charge < -0.3 is 0 Å². The van der Waals surface area contributed by atoms with Gasteiger partial charge in [0.2, 0.25) is 10.0 Å². The first kappa shape index (κ1) is 15.0. The van der Waals surface area contributed by atoms with Crippen molar-refractivity contribution in [1.29, 1.82) is 5.26 Å². The number of sulfonamides is 1. The fourth-order valence-corrected chi connectivity index (χ4v) is 3.02. The molecule has 0 aliphatic heterocycles. The van der Waals surface area contributed by atoms with E-state index in [1.165, 1.54) is 0 Å². The largest absolute Gasteiger partial charge is 0.228 e. The maximum absolute atomic E-state index is 11.9. The molecule has 1 aromatic rings. The van der Waals surface area contributed by atoms with Crippen LogP contribution >= 0.6 is 11.6 Å². The standard InChI is InChI=1S/C12H15ClN2O2S/c1-3-12(8-14)18(16,17)15-9(2)10-4-6-11(13)7-5-10/h4-7,9,12,15H,3H2,1-2H3. The molecule has 4 nitrogen and oxygen atoms in total. The van der Waals surface area contributed by atoms with Gasteiger partial charge >= 0.3 is 0 Å². The Bertz CT molecular complexity index is 534. The molecule has 0 saturated carbocycles. The van der Waals surface area contributed by atoms with E-state index in [2.05, 4.69) is 4.72 Å². The Morgan fingerprint density at radius 2 is 1.94 bits per heavy atom. The molecule has 0 aliphatic carbocycles. The van der Waals surface area contributed by atoms with Gasteiger partial charge in [-0.1, -0.05) is 30.7 Å². The van der Waals surface area contributed by atoms with Gasteiger partial charge in [-0.15, -0.1) is 0 Å². The van der Waals surface area contributed by atoms with E-state index >= 15 is 0 Å². The second kappa shape index (κ2) is 6.19. The molecule has 0 amide bonds. The molecule has 0 radical (unpaired) electrons. The predicted molar refractivity (Wildman–Crippen MR) is 71.6 cm³/mol. The fourth-order valence-electron chi connectivity index (χ4n) is 1.53. The lowest BCUT2D eigenvalue weighted by atomic mass is 10.1. The van der Waals surface area contributed by atoms with E-state index in [1.54, 1.807) is 44.2 Å². The van der Waals surface area contributed by atoms with Crippen molar-refractivity contribution in [2.45, 2.75) is 31.6 Å². The zero-order valence-electron chi connectivity index (χ0n) is 10.2. The second-order valence-corrected chi connectivity index (χ2v) is 6.29. The molecule has 2 atom stereocenters. The van der Waals surface area contributed by atoms with E-state index in [1.807, 2.05) is 0 Å². The Morgan fingerprint density at radius 3 is 2.39 bits per heavy atom. The Morgan fingerprint density at radius 1 is 1.39 bits per heavy atom. The van der Waals surface area contributed by atoms with Crippen molar-refractivity contribution in [2.75, 3.05) is 0 Å². The van der Waals surface area contributed by atoms with Crippen LogP contribution in [0.25, 0.3) is 0 Å². The lowest BCUT2D eigenvalue weighted by Crippen LogP contribution is -2.34. The summed E-state index contributed by atoms with van der Waals surface area (Å²) in [4.78, 5) is 0. The normalized spacial score (nSPS) is 14.8. The third-order valence-electron chi connectivity index (χ3n) is 2.60. The third kappa shape index (κ3) is 3.70. The average Bonchev–Trinajstić information content (AvgIpc) is 2.30. The molecule has 1 N–H and O–H groups in total. The summed E-state index contributed by atoms with van der Waals surface area (Å²) in [5.41, 5.74) is 0.802. The first-order valence-corrected chi connectivity index (χ1v) is 7.49. The molecule has 2 unspecified atom stereocenters. The Labute approximate surface area is 113 Å². The minimum absolute atomic E-state index is 0.263. The van der Waals surface area contributed by atoms with Gasteiger partial charge in [0.25, 0.3) is 0 Å². The molecule has 0 saturated heterocycles. The van der Waals surface area contributed by atoms with Crippen LogP contribution in [0, 0.1) is 11.3 Å². The SMILES string of the molecule is CCC(C#N)S(=O)(=O)NC(C)c1ccc(Cl)cc1. The number of nitrogens with one attached hydrogen (secondary N) is 1. The molecule has 1 aromatic carbocycles. The van der Waals surface area contributed by atoms with Gasteiger partial charge in [-0.25, -0.2) is 13.1 Å². The molecule has 0 aliphatic rings. The van der Waals surface area contributed by atoms with Crippen LogP contribution in [0.5, 0.6) is 0 Å². The van der Waals surface area contributed by atoms with Gasteiger partial charge in [0.1, 0.15) is 0 Å². The summed E-state index contributed by atoms with van der Waals surface area (Å²) < 4.78 is 26.3. The Hall–Kier alpha value is -1.09. The highest BCUT2D eigenvalue weighted by Gasteiger charge is 2.25. The number of hydrogen-bond donors (Lipinski definition) is 1. The molecular formula is C12H15ClN2O2S. The number of rotatable bonds is 5. The molecule has 0 bridgehead atoms. The molecule has 98 valence electrons. The molecule has 0 aromatic heterocycles. The smallest absolute Gasteiger partial charge is 0.211 e. The van der Waals surface area contributed by atoms with E-state index in [9.17, 15) is 8.42 Å². The third-order valence-corrected chi connectivity index (χ3v) is 4.72. The number of nitrogens with zero attached hydrogens (tertiary/aromatic N) is 1.